The number of hydrogen-bond acceptors (Lipinski definition) is 1. The van der Waals surface area contributed by atoms with Gasteiger partial charge in [-0.3, -0.25) is 4.98 Å². The Morgan fingerprint density at radius 3 is 2.59 bits per heavy atom. The van der Waals surface area contributed by atoms with Gasteiger partial charge in [0, 0.05) is 11.8 Å². The summed E-state index contributed by atoms with van der Waals surface area (Å²) in [6.07, 6.45) is 4.16. The largest absolute Gasteiger partial charge is 0.256 e. The Morgan fingerprint density at radius 1 is 0.941 bits per heavy atom. The molecule has 1 aromatic carbocycles. The standard InChI is InChI=1S/C16H15N/c1-12-9-10-13-6-2-3-7-14(13)16(12)15-8-4-5-11-17-15/h2-8,11H,9-10H2,1H3. The van der Waals surface area contributed by atoms with E-state index in [1.165, 1.54) is 22.3 Å². The second kappa shape index (κ2) is 4.17. The molecule has 1 nitrogen and oxygen atoms in total. The van der Waals surface area contributed by atoms with Gasteiger partial charge in [-0.1, -0.05) is 35.9 Å². The summed E-state index contributed by atoms with van der Waals surface area (Å²) in [5.41, 5.74) is 6.67. The fraction of sp³-hybridized carbons (Fsp3) is 0.188. The molecular weight excluding hydrogens is 206 g/mol. The molecule has 3 rings (SSSR count). The number of aromatic nitrogens is 1. The first kappa shape index (κ1) is 10.3. The summed E-state index contributed by atoms with van der Waals surface area (Å²) in [4.78, 5) is 4.49. The lowest BCUT2D eigenvalue weighted by atomic mass is 9.84. The molecule has 0 saturated carbocycles. The Bertz CT molecular complexity index is 567. The van der Waals surface area contributed by atoms with Gasteiger partial charge >= 0.3 is 0 Å². The molecule has 0 bridgehead atoms. The third-order valence-electron chi connectivity index (χ3n) is 3.40. The van der Waals surface area contributed by atoms with Gasteiger partial charge in [0.2, 0.25) is 0 Å². The van der Waals surface area contributed by atoms with Gasteiger partial charge in [0.1, 0.15) is 0 Å². The number of fused-ring (bicyclic) bond motifs is 1. The van der Waals surface area contributed by atoms with Crippen LogP contribution in [-0.2, 0) is 6.42 Å². The fourth-order valence-electron chi connectivity index (χ4n) is 2.53. The topological polar surface area (TPSA) is 12.9 Å². The van der Waals surface area contributed by atoms with E-state index in [4.69, 9.17) is 0 Å². The molecule has 0 amide bonds. The average molecular weight is 221 g/mol. The van der Waals surface area contributed by atoms with Gasteiger partial charge in [-0.2, -0.15) is 0 Å². The molecule has 1 aromatic heterocycles. The second-order valence-electron chi connectivity index (χ2n) is 4.53. The summed E-state index contributed by atoms with van der Waals surface area (Å²) in [6.45, 7) is 2.22. The summed E-state index contributed by atoms with van der Waals surface area (Å²) in [7, 11) is 0. The van der Waals surface area contributed by atoms with Crippen molar-refractivity contribution in [1.82, 2.24) is 4.98 Å². The van der Waals surface area contributed by atoms with Gasteiger partial charge in [0.25, 0.3) is 0 Å². The highest BCUT2D eigenvalue weighted by Gasteiger charge is 2.17. The van der Waals surface area contributed by atoms with Gasteiger partial charge in [0.15, 0.2) is 0 Å². The van der Waals surface area contributed by atoms with Crippen LogP contribution in [-0.4, -0.2) is 4.98 Å². The Kier molecular flexibility index (Phi) is 2.52. The van der Waals surface area contributed by atoms with E-state index in [9.17, 15) is 0 Å². The van der Waals surface area contributed by atoms with Crippen LogP contribution in [0.1, 0.15) is 30.2 Å². The molecule has 0 unspecified atom stereocenters. The van der Waals surface area contributed by atoms with Crippen LogP contribution in [0, 0.1) is 0 Å². The molecular formula is C16H15N. The van der Waals surface area contributed by atoms with Crippen LogP contribution < -0.4 is 0 Å². The van der Waals surface area contributed by atoms with Crippen LogP contribution in [0.3, 0.4) is 0 Å². The molecule has 0 fully saturated rings. The molecule has 0 aliphatic heterocycles. The number of rotatable bonds is 1. The lowest BCUT2D eigenvalue weighted by Crippen LogP contribution is -2.05. The van der Waals surface area contributed by atoms with E-state index in [0.29, 0.717) is 0 Å². The molecule has 0 saturated heterocycles. The average Bonchev–Trinajstić information content (AvgIpc) is 2.39. The van der Waals surface area contributed by atoms with Gasteiger partial charge in [-0.15, -0.1) is 0 Å². The number of aryl methyl sites for hydroxylation is 1. The minimum atomic E-state index is 1.09. The van der Waals surface area contributed by atoms with E-state index in [1.54, 1.807) is 0 Å². The normalized spacial score (nSPS) is 14.6. The van der Waals surface area contributed by atoms with E-state index >= 15 is 0 Å². The summed E-state index contributed by atoms with van der Waals surface area (Å²) >= 11 is 0. The number of nitrogens with zero attached hydrogens (tertiary/aromatic N) is 1. The number of pyridine rings is 1. The van der Waals surface area contributed by atoms with Gasteiger partial charge in [-0.05, 0) is 43.0 Å². The zero-order valence-electron chi connectivity index (χ0n) is 9.98. The molecule has 1 heterocycles. The molecule has 0 radical (unpaired) electrons. The molecule has 1 heteroatoms. The molecule has 17 heavy (non-hydrogen) atoms. The van der Waals surface area contributed by atoms with E-state index in [1.807, 2.05) is 12.3 Å². The van der Waals surface area contributed by atoms with E-state index < -0.39 is 0 Å². The van der Waals surface area contributed by atoms with Crippen molar-refractivity contribution in [3.63, 3.8) is 0 Å². The van der Waals surface area contributed by atoms with Crippen LogP contribution in [0.2, 0.25) is 0 Å². The molecule has 2 aromatic rings. The van der Waals surface area contributed by atoms with Crippen LogP contribution in [0.4, 0.5) is 0 Å². The monoisotopic (exact) mass is 221 g/mol. The molecule has 0 N–H and O–H groups in total. The number of allylic oxidation sites excluding steroid dienone is 1. The van der Waals surface area contributed by atoms with Crippen molar-refractivity contribution in [1.29, 1.82) is 0 Å². The lowest BCUT2D eigenvalue weighted by Gasteiger charge is -2.21. The summed E-state index contributed by atoms with van der Waals surface area (Å²) < 4.78 is 0. The maximum absolute atomic E-state index is 4.49. The predicted octanol–water partition coefficient (Wildman–Crippen LogP) is 3.85. The van der Waals surface area contributed by atoms with Crippen molar-refractivity contribution in [2.24, 2.45) is 0 Å². The Balaban J connectivity index is 2.21. The van der Waals surface area contributed by atoms with Gasteiger partial charge < -0.3 is 0 Å². The second-order valence-corrected chi connectivity index (χ2v) is 4.53. The van der Waals surface area contributed by atoms with Crippen molar-refractivity contribution < 1.29 is 0 Å². The fourth-order valence-corrected chi connectivity index (χ4v) is 2.53. The first-order chi connectivity index (χ1) is 8.36. The third kappa shape index (κ3) is 1.78. The summed E-state index contributed by atoms with van der Waals surface area (Å²) in [5.74, 6) is 0. The lowest BCUT2D eigenvalue weighted by molar-refractivity contribution is 0.915. The first-order valence-electron chi connectivity index (χ1n) is 6.05. The van der Waals surface area contributed by atoms with E-state index in [-0.39, 0.29) is 0 Å². The molecule has 84 valence electrons. The minimum Gasteiger partial charge on any atom is -0.256 e. The molecule has 0 spiro atoms. The number of benzene rings is 1. The van der Waals surface area contributed by atoms with Crippen molar-refractivity contribution in [3.8, 4) is 0 Å². The van der Waals surface area contributed by atoms with E-state index in [0.717, 1.165) is 18.5 Å². The molecule has 0 atom stereocenters. The summed E-state index contributed by atoms with van der Waals surface area (Å²) in [6, 6.07) is 14.8. The van der Waals surface area contributed by atoms with Crippen LogP contribution in [0.15, 0.2) is 54.2 Å². The minimum absolute atomic E-state index is 1.09. The molecule has 1 aliphatic rings. The van der Waals surface area contributed by atoms with Crippen LogP contribution in [0.5, 0.6) is 0 Å². The zero-order valence-corrected chi connectivity index (χ0v) is 9.98. The first-order valence-corrected chi connectivity index (χ1v) is 6.05. The van der Waals surface area contributed by atoms with Gasteiger partial charge in [0.05, 0.1) is 5.69 Å². The maximum atomic E-state index is 4.49. The zero-order chi connectivity index (χ0) is 11.7. The third-order valence-corrected chi connectivity index (χ3v) is 3.40. The van der Waals surface area contributed by atoms with Gasteiger partial charge in [-0.25, -0.2) is 0 Å². The van der Waals surface area contributed by atoms with Crippen LogP contribution in [0.25, 0.3) is 5.57 Å². The quantitative estimate of drug-likeness (QED) is 0.712. The predicted molar refractivity (Wildman–Crippen MR) is 70.7 cm³/mol. The van der Waals surface area contributed by atoms with Crippen molar-refractivity contribution in [2.75, 3.05) is 0 Å². The van der Waals surface area contributed by atoms with Crippen LogP contribution >= 0.6 is 0 Å². The Hall–Kier alpha value is -1.89. The molecule has 1 aliphatic carbocycles. The van der Waals surface area contributed by atoms with E-state index in [2.05, 4.69) is 48.3 Å². The maximum Gasteiger partial charge on any atom is 0.0707 e. The van der Waals surface area contributed by atoms with Crippen molar-refractivity contribution >= 4 is 5.57 Å². The highest BCUT2D eigenvalue weighted by molar-refractivity contribution is 5.83. The SMILES string of the molecule is CC1=C(c2ccccn2)c2ccccc2CC1. The Morgan fingerprint density at radius 2 is 1.76 bits per heavy atom. The smallest absolute Gasteiger partial charge is 0.0707 e. The highest BCUT2D eigenvalue weighted by atomic mass is 14.7. The van der Waals surface area contributed by atoms with Crippen molar-refractivity contribution in [3.05, 3.63) is 71.1 Å². The Labute approximate surface area is 102 Å². The van der Waals surface area contributed by atoms with Crippen molar-refractivity contribution in [2.45, 2.75) is 19.8 Å². The summed E-state index contributed by atoms with van der Waals surface area (Å²) in [5, 5.41) is 0. The highest BCUT2D eigenvalue weighted by Crippen LogP contribution is 2.34. The number of hydrogen-bond donors (Lipinski definition) is 0.